The first kappa shape index (κ1) is 13.5. The van der Waals surface area contributed by atoms with Gasteiger partial charge in [-0.2, -0.15) is 20.8 Å². The second kappa shape index (κ2) is 4.36. The molecular weight excluding hydrogens is 216 g/mol. The zero-order valence-corrected chi connectivity index (χ0v) is 8.50. The van der Waals surface area contributed by atoms with E-state index in [-0.39, 0.29) is 0 Å². The van der Waals surface area contributed by atoms with Crippen LogP contribution in [0.1, 0.15) is 13.8 Å². The Morgan fingerprint density at radius 2 is 1.25 bits per heavy atom. The Bertz CT molecular complexity index is 392. The molecule has 0 aliphatic carbocycles. The van der Waals surface area contributed by atoms with E-state index < -0.39 is 23.0 Å². The van der Waals surface area contributed by atoms with E-state index in [0.29, 0.717) is 0 Å². The van der Waals surface area contributed by atoms with Gasteiger partial charge in [0.05, 0.1) is 0 Å². The van der Waals surface area contributed by atoms with Crippen LogP contribution in [-0.4, -0.2) is 33.2 Å². The van der Waals surface area contributed by atoms with Crippen molar-refractivity contribution in [2.45, 2.75) is 24.9 Å². The zero-order chi connectivity index (χ0) is 13.0. The van der Waals surface area contributed by atoms with E-state index in [4.69, 9.17) is 20.7 Å². The van der Waals surface area contributed by atoms with E-state index in [2.05, 4.69) is 10.2 Å². The third-order valence-corrected chi connectivity index (χ3v) is 1.72. The summed E-state index contributed by atoms with van der Waals surface area (Å²) in [6, 6.07) is 2.70. The fourth-order valence-corrected chi connectivity index (χ4v) is 0.426. The third-order valence-electron chi connectivity index (χ3n) is 1.72. The number of rotatable bonds is 4. The molecule has 0 saturated carbocycles. The average Bonchev–Trinajstić information content (AvgIpc) is 2.24. The first-order chi connectivity index (χ1) is 7.22. The normalized spacial score (nSPS) is 17.8. The summed E-state index contributed by atoms with van der Waals surface area (Å²) in [5, 5.41) is 40.6. The van der Waals surface area contributed by atoms with Crippen molar-refractivity contribution in [3.8, 4) is 12.1 Å². The molecule has 0 aromatic carbocycles. The minimum Gasteiger partial charge on any atom is -0.479 e. The van der Waals surface area contributed by atoms with Crippen molar-refractivity contribution in [3.05, 3.63) is 0 Å². The second-order valence-electron chi connectivity index (χ2n) is 3.18. The van der Waals surface area contributed by atoms with Crippen LogP contribution in [0.2, 0.25) is 0 Å². The summed E-state index contributed by atoms with van der Waals surface area (Å²) in [6.45, 7) is 1.89. The summed E-state index contributed by atoms with van der Waals surface area (Å²) in [6.07, 6.45) is 0. The molecule has 84 valence electrons. The minimum atomic E-state index is -2.20. The van der Waals surface area contributed by atoms with Gasteiger partial charge >= 0.3 is 11.9 Å². The molecular formula is C8H8N4O4. The Morgan fingerprint density at radius 3 is 1.38 bits per heavy atom. The van der Waals surface area contributed by atoms with Gasteiger partial charge in [-0.15, -0.1) is 0 Å². The van der Waals surface area contributed by atoms with Crippen molar-refractivity contribution in [1.82, 2.24) is 0 Å². The van der Waals surface area contributed by atoms with Crippen molar-refractivity contribution < 1.29 is 19.8 Å². The largest absolute Gasteiger partial charge is 0.479 e. The smallest absolute Gasteiger partial charge is 0.348 e. The molecule has 2 unspecified atom stereocenters. The van der Waals surface area contributed by atoms with Crippen LogP contribution in [0, 0.1) is 22.7 Å². The van der Waals surface area contributed by atoms with E-state index in [9.17, 15) is 9.59 Å². The highest BCUT2D eigenvalue weighted by Gasteiger charge is 2.38. The molecule has 2 N–H and O–H groups in total. The molecule has 2 atom stereocenters. The average molecular weight is 224 g/mol. The van der Waals surface area contributed by atoms with Gasteiger partial charge in [-0.1, -0.05) is 0 Å². The van der Waals surface area contributed by atoms with Gasteiger partial charge < -0.3 is 10.2 Å². The molecule has 8 nitrogen and oxygen atoms in total. The lowest BCUT2D eigenvalue weighted by molar-refractivity contribution is -0.142. The van der Waals surface area contributed by atoms with Crippen molar-refractivity contribution in [1.29, 1.82) is 10.5 Å². The molecule has 0 aliphatic heterocycles. The van der Waals surface area contributed by atoms with E-state index in [1.165, 1.54) is 12.1 Å². The Hall–Kier alpha value is -2.48. The maximum absolute atomic E-state index is 10.6. The molecule has 0 bridgehead atoms. The number of nitriles is 2. The number of carboxylic acid groups (broad SMARTS) is 2. The second-order valence-corrected chi connectivity index (χ2v) is 3.18. The number of nitrogens with zero attached hydrogens (tertiary/aromatic N) is 4. The molecule has 0 rings (SSSR count). The van der Waals surface area contributed by atoms with Crippen LogP contribution >= 0.6 is 0 Å². The quantitative estimate of drug-likeness (QED) is 0.650. The van der Waals surface area contributed by atoms with Crippen molar-refractivity contribution >= 4 is 11.9 Å². The number of carbonyl (C=O) groups is 2. The van der Waals surface area contributed by atoms with Crippen LogP contribution in [0.3, 0.4) is 0 Å². The molecule has 0 fully saturated rings. The molecule has 16 heavy (non-hydrogen) atoms. The fourth-order valence-electron chi connectivity index (χ4n) is 0.426. The first-order valence-corrected chi connectivity index (χ1v) is 3.95. The molecule has 0 saturated heterocycles. The molecule has 0 spiro atoms. The van der Waals surface area contributed by atoms with E-state index >= 15 is 0 Å². The maximum atomic E-state index is 10.6. The molecule has 0 aliphatic rings. The van der Waals surface area contributed by atoms with Gasteiger partial charge in [-0.3, -0.25) is 0 Å². The Kier molecular flexibility index (Phi) is 3.68. The lowest BCUT2D eigenvalue weighted by atomic mass is 10.1. The summed E-state index contributed by atoms with van der Waals surface area (Å²) < 4.78 is 0. The van der Waals surface area contributed by atoms with Gasteiger partial charge in [-0.25, -0.2) is 9.59 Å². The fraction of sp³-hybridized carbons (Fsp3) is 0.500. The van der Waals surface area contributed by atoms with Gasteiger partial charge in [0.1, 0.15) is 12.1 Å². The van der Waals surface area contributed by atoms with Crippen LogP contribution in [0.4, 0.5) is 0 Å². The van der Waals surface area contributed by atoms with Crippen LogP contribution < -0.4 is 0 Å². The van der Waals surface area contributed by atoms with Gasteiger partial charge in [0.15, 0.2) is 0 Å². The van der Waals surface area contributed by atoms with E-state index in [1.807, 2.05) is 0 Å². The van der Waals surface area contributed by atoms with E-state index in [0.717, 1.165) is 13.8 Å². The van der Waals surface area contributed by atoms with Crippen LogP contribution in [0.5, 0.6) is 0 Å². The highest BCUT2D eigenvalue weighted by atomic mass is 16.4. The third kappa shape index (κ3) is 2.51. The standard InChI is InChI=1S/C8H8N4O4/c1-7(3-9,5(13)14)11-12-8(2,4-10)6(15)16/h1-2H3,(H,13,14)(H,15,16). The molecule has 0 heterocycles. The Labute approximate surface area is 90.4 Å². The monoisotopic (exact) mass is 224 g/mol. The topological polar surface area (TPSA) is 147 Å². The Balaban J connectivity index is 5.28. The number of hydrogen-bond acceptors (Lipinski definition) is 6. The molecule has 8 heteroatoms. The summed E-state index contributed by atoms with van der Waals surface area (Å²) in [5.74, 6) is -3.16. The lowest BCUT2D eigenvalue weighted by Crippen LogP contribution is -2.35. The first-order valence-electron chi connectivity index (χ1n) is 3.95. The SMILES string of the molecule is CC(C#N)(N=NC(C)(C#N)C(=O)O)C(=O)O. The van der Waals surface area contributed by atoms with Crippen molar-refractivity contribution in [2.75, 3.05) is 0 Å². The van der Waals surface area contributed by atoms with Gasteiger partial charge in [0.2, 0.25) is 0 Å². The summed E-state index contributed by atoms with van der Waals surface area (Å²) in [7, 11) is 0. The minimum absolute atomic E-state index is 0.943. The van der Waals surface area contributed by atoms with Gasteiger partial charge in [-0.05, 0) is 13.8 Å². The number of aliphatic carboxylic acids is 2. The number of azo groups is 1. The van der Waals surface area contributed by atoms with E-state index in [1.54, 1.807) is 0 Å². The predicted molar refractivity (Wildman–Crippen MR) is 48.2 cm³/mol. The molecule has 0 aromatic rings. The summed E-state index contributed by atoms with van der Waals surface area (Å²) in [5.41, 5.74) is -4.40. The number of carboxylic acids is 2. The highest BCUT2D eigenvalue weighted by molar-refractivity contribution is 5.83. The van der Waals surface area contributed by atoms with Crippen molar-refractivity contribution in [2.24, 2.45) is 10.2 Å². The van der Waals surface area contributed by atoms with Gasteiger partial charge in [0, 0.05) is 0 Å². The number of hydrogen-bond donors (Lipinski definition) is 2. The van der Waals surface area contributed by atoms with Crippen LogP contribution in [0.15, 0.2) is 10.2 Å². The lowest BCUT2D eigenvalue weighted by Gasteiger charge is -2.12. The van der Waals surface area contributed by atoms with Crippen LogP contribution in [0.25, 0.3) is 0 Å². The molecule has 0 aromatic heterocycles. The maximum Gasteiger partial charge on any atom is 0.348 e. The predicted octanol–water partition coefficient (Wildman–Crippen LogP) is 0.172. The summed E-state index contributed by atoms with van der Waals surface area (Å²) in [4.78, 5) is 21.2. The molecule has 0 amide bonds. The highest BCUT2D eigenvalue weighted by Crippen LogP contribution is 2.16. The zero-order valence-electron chi connectivity index (χ0n) is 8.50. The van der Waals surface area contributed by atoms with Gasteiger partial charge in [0.25, 0.3) is 11.1 Å². The van der Waals surface area contributed by atoms with Crippen LogP contribution in [-0.2, 0) is 9.59 Å². The molecule has 0 radical (unpaired) electrons. The Morgan fingerprint density at radius 1 is 1.00 bits per heavy atom. The summed E-state index contributed by atoms with van der Waals surface area (Å²) >= 11 is 0. The van der Waals surface area contributed by atoms with Crippen molar-refractivity contribution in [3.63, 3.8) is 0 Å².